The maximum absolute atomic E-state index is 12.3. The molecule has 0 unspecified atom stereocenters. The van der Waals surface area contributed by atoms with Crippen LogP contribution in [0.4, 0.5) is 11.4 Å². The molecular weight excluding hydrogens is 434 g/mol. The Kier molecular flexibility index (Phi) is 6.84. The van der Waals surface area contributed by atoms with Crippen LogP contribution in [0, 0.1) is 21.4 Å². The van der Waals surface area contributed by atoms with Gasteiger partial charge in [-0.05, 0) is 45.8 Å². The summed E-state index contributed by atoms with van der Waals surface area (Å²) >= 11 is 3.23. The highest BCUT2D eigenvalue weighted by molar-refractivity contribution is 9.10. The van der Waals surface area contributed by atoms with Gasteiger partial charge in [0.1, 0.15) is 17.4 Å². The monoisotopic (exact) mass is 445 g/mol. The molecule has 0 aliphatic rings. The van der Waals surface area contributed by atoms with Crippen molar-refractivity contribution in [3.8, 4) is 11.8 Å². The van der Waals surface area contributed by atoms with Gasteiger partial charge in [0.25, 0.3) is 11.6 Å². The highest BCUT2D eigenvalue weighted by atomic mass is 79.9. The number of anilines is 1. The van der Waals surface area contributed by atoms with Gasteiger partial charge in [0.15, 0.2) is 6.61 Å². The second-order valence-corrected chi connectivity index (χ2v) is 6.16. The summed E-state index contributed by atoms with van der Waals surface area (Å²) in [6.07, 6.45) is 1.32. The van der Waals surface area contributed by atoms with Crippen LogP contribution in [-0.2, 0) is 9.59 Å². The molecule has 10 heteroatoms. The van der Waals surface area contributed by atoms with Gasteiger partial charge < -0.3 is 15.2 Å². The van der Waals surface area contributed by atoms with Crippen LogP contribution in [0.1, 0.15) is 5.56 Å². The molecule has 0 aromatic heterocycles. The average Bonchev–Trinajstić information content (AvgIpc) is 2.65. The number of benzene rings is 2. The van der Waals surface area contributed by atoms with Gasteiger partial charge >= 0.3 is 5.97 Å². The summed E-state index contributed by atoms with van der Waals surface area (Å²) in [7, 11) is 0. The third-order valence-electron chi connectivity index (χ3n) is 3.30. The molecule has 2 rings (SSSR count). The van der Waals surface area contributed by atoms with Crippen molar-refractivity contribution >= 4 is 45.3 Å². The molecule has 2 N–H and O–H groups in total. The van der Waals surface area contributed by atoms with Crippen molar-refractivity contribution < 1.29 is 24.4 Å². The van der Waals surface area contributed by atoms with Crippen molar-refractivity contribution in [1.82, 2.24) is 0 Å². The number of hydrogen-bond donors (Lipinski definition) is 2. The van der Waals surface area contributed by atoms with Gasteiger partial charge in [-0.1, -0.05) is 12.1 Å². The minimum atomic E-state index is -1.12. The van der Waals surface area contributed by atoms with Gasteiger partial charge in [-0.15, -0.1) is 0 Å². The van der Waals surface area contributed by atoms with Gasteiger partial charge in [-0.25, -0.2) is 4.79 Å². The summed E-state index contributed by atoms with van der Waals surface area (Å²) in [6.45, 7) is -0.511. The molecule has 2 aromatic carbocycles. The molecular formula is C18H12BrN3O6. The smallest absolute Gasteiger partial charge is 0.341 e. The van der Waals surface area contributed by atoms with Gasteiger partial charge in [0.2, 0.25) is 0 Å². The first-order chi connectivity index (χ1) is 13.3. The van der Waals surface area contributed by atoms with Gasteiger partial charge in [-0.2, -0.15) is 5.26 Å². The van der Waals surface area contributed by atoms with Gasteiger partial charge in [0, 0.05) is 17.8 Å². The quantitative estimate of drug-likeness (QED) is 0.287. The third-order valence-corrected chi connectivity index (χ3v) is 3.92. The van der Waals surface area contributed by atoms with E-state index >= 15 is 0 Å². The molecule has 0 aliphatic heterocycles. The lowest BCUT2D eigenvalue weighted by atomic mass is 10.1. The van der Waals surface area contributed by atoms with Crippen LogP contribution in [0.5, 0.6) is 5.75 Å². The summed E-state index contributed by atoms with van der Waals surface area (Å²) in [5.74, 6) is -1.56. The molecule has 1 amide bonds. The molecule has 9 nitrogen and oxygen atoms in total. The van der Waals surface area contributed by atoms with Crippen LogP contribution >= 0.6 is 15.9 Å². The van der Waals surface area contributed by atoms with E-state index in [0.29, 0.717) is 15.8 Å². The lowest BCUT2D eigenvalue weighted by Crippen LogP contribution is -2.13. The number of carboxylic acids is 1. The normalized spacial score (nSPS) is 10.6. The van der Waals surface area contributed by atoms with Gasteiger partial charge in [0.05, 0.1) is 9.40 Å². The molecule has 0 aliphatic carbocycles. The van der Waals surface area contributed by atoms with Crippen LogP contribution in [-0.4, -0.2) is 28.5 Å². The Labute approximate surface area is 167 Å². The molecule has 142 valence electrons. The number of nitrogens with zero attached hydrogens (tertiary/aromatic N) is 2. The predicted octanol–water partition coefficient (Wildman–Crippen LogP) is 3.37. The molecule has 0 bridgehead atoms. The Bertz CT molecular complexity index is 1010. The fourth-order valence-electron chi connectivity index (χ4n) is 2.07. The van der Waals surface area contributed by atoms with Crippen LogP contribution in [0.2, 0.25) is 0 Å². The van der Waals surface area contributed by atoms with E-state index in [1.54, 1.807) is 18.2 Å². The van der Waals surface area contributed by atoms with E-state index in [2.05, 4.69) is 21.2 Å². The number of carboxylic acid groups (broad SMARTS) is 1. The first-order valence-electron chi connectivity index (χ1n) is 7.62. The van der Waals surface area contributed by atoms with E-state index in [1.807, 2.05) is 0 Å². The SMILES string of the molecule is N#C/C(=C\c1ccc(OCC(=O)O)c(Br)c1)C(=O)Nc1cccc([N+](=O)[O-])c1. The number of carbonyl (C=O) groups excluding carboxylic acids is 1. The number of amides is 1. The van der Waals surface area contributed by atoms with E-state index in [4.69, 9.17) is 9.84 Å². The van der Waals surface area contributed by atoms with E-state index in [0.717, 1.165) is 0 Å². The molecule has 0 saturated heterocycles. The average molecular weight is 446 g/mol. The number of hydrogen-bond acceptors (Lipinski definition) is 6. The number of nitro groups is 1. The van der Waals surface area contributed by atoms with Crippen molar-refractivity contribution in [3.05, 3.63) is 68.2 Å². The minimum absolute atomic E-state index is 0.180. The van der Waals surface area contributed by atoms with E-state index in [9.17, 15) is 25.0 Å². The van der Waals surface area contributed by atoms with Crippen molar-refractivity contribution in [2.24, 2.45) is 0 Å². The molecule has 0 atom stereocenters. The second-order valence-electron chi connectivity index (χ2n) is 5.30. The Balaban J connectivity index is 2.19. The van der Waals surface area contributed by atoms with Crippen LogP contribution in [0.25, 0.3) is 6.08 Å². The highest BCUT2D eigenvalue weighted by Crippen LogP contribution is 2.27. The van der Waals surface area contributed by atoms with Crippen molar-refractivity contribution in [3.63, 3.8) is 0 Å². The van der Waals surface area contributed by atoms with E-state index in [1.165, 1.54) is 36.4 Å². The fourth-order valence-corrected chi connectivity index (χ4v) is 2.59. The Hall–Kier alpha value is -3.71. The molecule has 2 aromatic rings. The lowest BCUT2D eigenvalue weighted by Gasteiger charge is -2.07. The zero-order valence-electron chi connectivity index (χ0n) is 14.1. The zero-order chi connectivity index (χ0) is 20.7. The largest absolute Gasteiger partial charge is 0.481 e. The Morgan fingerprint density at radius 2 is 2.07 bits per heavy atom. The topological polar surface area (TPSA) is 143 Å². The summed E-state index contributed by atoms with van der Waals surface area (Å²) < 4.78 is 5.52. The Morgan fingerprint density at radius 1 is 1.32 bits per heavy atom. The number of ether oxygens (including phenoxy) is 1. The van der Waals surface area contributed by atoms with Crippen molar-refractivity contribution in [2.75, 3.05) is 11.9 Å². The van der Waals surface area contributed by atoms with Crippen LogP contribution < -0.4 is 10.1 Å². The maximum atomic E-state index is 12.3. The first kappa shape index (κ1) is 20.6. The van der Waals surface area contributed by atoms with Crippen LogP contribution in [0.3, 0.4) is 0 Å². The fraction of sp³-hybridized carbons (Fsp3) is 0.0556. The highest BCUT2D eigenvalue weighted by Gasteiger charge is 2.13. The van der Waals surface area contributed by atoms with Crippen molar-refractivity contribution in [2.45, 2.75) is 0 Å². The summed E-state index contributed by atoms with van der Waals surface area (Å²) in [4.78, 5) is 33.0. The summed E-state index contributed by atoms with van der Waals surface area (Å²) in [5.41, 5.74) is 0.248. The number of aliphatic carboxylic acids is 1. The number of non-ortho nitro benzene ring substituents is 1. The standard InChI is InChI=1S/C18H12BrN3O6/c19-15-7-11(4-5-16(15)28-10-17(23)24)6-12(9-20)18(25)21-13-2-1-3-14(8-13)22(26)27/h1-8H,10H2,(H,21,25)(H,23,24)/b12-6+. The van der Waals surface area contributed by atoms with Crippen LogP contribution in [0.15, 0.2) is 52.5 Å². The number of nitrogens with one attached hydrogen (secondary N) is 1. The molecule has 0 heterocycles. The zero-order valence-corrected chi connectivity index (χ0v) is 15.7. The maximum Gasteiger partial charge on any atom is 0.341 e. The molecule has 28 heavy (non-hydrogen) atoms. The molecule has 0 fully saturated rings. The van der Waals surface area contributed by atoms with Gasteiger partial charge in [-0.3, -0.25) is 14.9 Å². The molecule has 0 radical (unpaired) electrons. The number of halogens is 1. The number of carbonyl (C=O) groups is 2. The predicted molar refractivity (Wildman–Crippen MR) is 103 cm³/mol. The number of nitriles is 1. The summed E-state index contributed by atoms with van der Waals surface area (Å²) in [6, 6.07) is 11.7. The molecule has 0 saturated carbocycles. The summed E-state index contributed by atoms with van der Waals surface area (Å²) in [5, 5.41) is 31.1. The van der Waals surface area contributed by atoms with E-state index in [-0.39, 0.29) is 16.9 Å². The lowest BCUT2D eigenvalue weighted by molar-refractivity contribution is -0.384. The Morgan fingerprint density at radius 3 is 2.68 bits per heavy atom. The third kappa shape index (κ3) is 5.65. The number of nitro benzene ring substituents is 1. The molecule has 0 spiro atoms. The van der Waals surface area contributed by atoms with E-state index < -0.39 is 23.4 Å². The first-order valence-corrected chi connectivity index (χ1v) is 8.41. The van der Waals surface area contributed by atoms with Crippen molar-refractivity contribution in [1.29, 1.82) is 5.26 Å². The minimum Gasteiger partial charge on any atom is -0.481 e. The second kappa shape index (κ2) is 9.29. The number of rotatable bonds is 7.